The standard InChI is InChI=1S/C66H76/c1(6-62-27-42-11-43(28-62)13-44(12-42)29-62)57-26-58(2-7-63-30-45-14-46(31-63)16-47(15-45)32-63)60(4-9-65-36-51-20-52(37-65)22-53(21-51)38-65)61(5-10-66-39-54-23-55(40-66)25-56(24-54)41-66)59(57)3-8-64-33-48-17-49(34-64)19-50(18-48)35-64/h26,42-56H,11-25,27-41H2. The van der Waals surface area contributed by atoms with Crippen molar-refractivity contribution in [3.63, 3.8) is 0 Å². The minimum absolute atomic E-state index is 0.163. The quantitative estimate of drug-likeness (QED) is 0.228. The van der Waals surface area contributed by atoms with Crippen LogP contribution < -0.4 is 0 Å². The average Bonchev–Trinajstić information content (AvgIpc) is 3.24. The molecular weight excluding hydrogens is 793 g/mol. The third-order valence-corrected chi connectivity index (χ3v) is 23.8. The molecule has 340 valence electrons. The molecule has 20 aliphatic carbocycles. The second-order valence-corrected chi connectivity index (χ2v) is 29.3. The van der Waals surface area contributed by atoms with E-state index in [1.165, 1.54) is 220 Å². The lowest BCUT2D eigenvalue weighted by atomic mass is 9.49. The van der Waals surface area contributed by atoms with E-state index < -0.39 is 0 Å². The lowest BCUT2D eigenvalue weighted by Gasteiger charge is -2.54. The summed E-state index contributed by atoms with van der Waals surface area (Å²) in [5, 5.41) is 0. The summed E-state index contributed by atoms with van der Waals surface area (Å²) in [7, 11) is 0. The Morgan fingerprint density at radius 1 is 0.227 bits per heavy atom. The van der Waals surface area contributed by atoms with Gasteiger partial charge >= 0.3 is 0 Å². The maximum Gasteiger partial charge on any atom is 0.0584 e. The third kappa shape index (κ3) is 6.63. The van der Waals surface area contributed by atoms with Crippen LogP contribution in [0.5, 0.6) is 0 Å². The van der Waals surface area contributed by atoms with Gasteiger partial charge in [-0.1, -0.05) is 59.2 Å². The zero-order valence-electron chi connectivity index (χ0n) is 40.5. The average molecular weight is 869 g/mol. The Bertz CT molecular complexity index is 2280. The van der Waals surface area contributed by atoms with Crippen molar-refractivity contribution in [2.24, 2.45) is 116 Å². The molecule has 21 rings (SSSR count). The molecule has 0 spiro atoms. The minimum Gasteiger partial charge on any atom is -0.0910 e. The Morgan fingerprint density at radius 2 is 0.394 bits per heavy atom. The van der Waals surface area contributed by atoms with Crippen LogP contribution in [-0.4, -0.2) is 0 Å². The van der Waals surface area contributed by atoms with Crippen molar-refractivity contribution >= 4 is 0 Å². The summed E-state index contributed by atoms with van der Waals surface area (Å²) in [5.41, 5.74) is 6.76. The van der Waals surface area contributed by atoms with Crippen LogP contribution in [0.4, 0.5) is 0 Å². The van der Waals surface area contributed by atoms with Gasteiger partial charge in [-0.05, 0) is 287 Å². The molecule has 0 radical (unpaired) electrons. The summed E-state index contributed by atoms with van der Waals surface area (Å²) < 4.78 is 0. The summed E-state index contributed by atoms with van der Waals surface area (Å²) in [4.78, 5) is 0. The summed E-state index contributed by atoms with van der Waals surface area (Å²) >= 11 is 0. The van der Waals surface area contributed by atoms with Crippen LogP contribution in [0.2, 0.25) is 0 Å². The van der Waals surface area contributed by atoms with Gasteiger partial charge < -0.3 is 0 Å². The van der Waals surface area contributed by atoms with E-state index in [9.17, 15) is 0 Å². The molecule has 0 amide bonds. The first kappa shape index (κ1) is 39.8. The van der Waals surface area contributed by atoms with Gasteiger partial charge in [0.2, 0.25) is 0 Å². The summed E-state index contributed by atoms with van der Waals surface area (Å²) in [6.07, 6.45) is 41.8. The first-order chi connectivity index (χ1) is 32.1. The molecule has 0 aliphatic heterocycles. The molecule has 0 aromatic heterocycles. The maximum atomic E-state index is 4.29. The van der Waals surface area contributed by atoms with Crippen LogP contribution in [-0.2, 0) is 0 Å². The Balaban J connectivity index is 0.916. The van der Waals surface area contributed by atoms with Crippen LogP contribution in [0.25, 0.3) is 0 Å². The molecule has 0 N–H and O–H groups in total. The zero-order valence-corrected chi connectivity index (χ0v) is 40.5. The molecule has 66 heavy (non-hydrogen) atoms. The Kier molecular flexibility index (Phi) is 8.50. The van der Waals surface area contributed by atoms with E-state index in [0.29, 0.717) is 0 Å². The predicted molar refractivity (Wildman–Crippen MR) is 264 cm³/mol. The molecule has 0 heteroatoms. The SMILES string of the molecule is C(#CC12CC3CC(CC(C3)C1)C2)c1cc(C#CC23CC4CC(CC(C4)C2)C3)c(C#CC23CC4CC(CC(C4)C2)C3)c(C#CC23CC4CC(CC(C4)C2)C3)c1C#CC12CC3CC(CC(C3)C1)C2. The van der Waals surface area contributed by atoms with Crippen LogP contribution in [0.15, 0.2) is 6.07 Å². The molecule has 0 unspecified atom stereocenters. The van der Waals surface area contributed by atoms with Gasteiger partial charge in [-0.15, -0.1) is 0 Å². The van der Waals surface area contributed by atoms with Crippen molar-refractivity contribution in [3.05, 3.63) is 33.9 Å². The summed E-state index contributed by atoms with van der Waals surface area (Å²) in [5.74, 6) is 55.5. The molecule has 0 heterocycles. The van der Waals surface area contributed by atoms with E-state index in [1.54, 1.807) is 0 Å². The molecule has 0 saturated heterocycles. The molecule has 1 aromatic carbocycles. The van der Waals surface area contributed by atoms with Gasteiger partial charge in [0.25, 0.3) is 0 Å². The second kappa shape index (κ2) is 14.1. The van der Waals surface area contributed by atoms with Gasteiger partial charge in [0, 0.05) is 38.2 Å². The van der Waals surface area contributed by atoms with Gasteiger partial charge in [0.15, 0.2) is 0 Å². The number of rotatable bonds is 0. The number of hydrogen-bond donors (Lipinski definition) is 0. The van der Waals surface area contributed by atoms with E-state index in [2.05, 4.69) is 65.3 Å². The molecule has 1 aromatic rings. The maximum absolute atomic E-state index is 4.29. The van der Waals surface area contributed by atoms with E-state index in [0.717, 1.165) is 88.8 Å². The van der Waals surface area contributed by atoms with E-state index in [-0.39, 0.29) is 27.1 Å². The zero-order chi connectivity index (χ0) is 43.0. The first-order valence-corrected chi connectivity index (χ1v) is 29.0. The van der Waals surface area contributed by atoms with Crippen molar-refractivity contribution < 1.29 is 0 Å². The van der Waals surface area contributed by atoms with E-state index >= 15 is 0 Å². The highest BCUT2D eigenvalue weighted by Gasteiger charge is 2.55. The monoisotopic (exact) mass is 869 g/mol. The molecule has 20 bridgehead atoms. The first-order valence-electron chi connectivity index (χ1n) is 29.0. The van der Waals surface area contributed by atoms with Crippen LogP contribution in [0.3, 0.4) is 0 Å². The predicted octanol–water partition coefficient (Wildman–Crippen LogP) is 14.5. The molecule has 0 nitrogen and oxygen atoms in total. The molecule has 0 atom stereocenters. The summed E-state index contributed by atoms with van der Waals surface area (Å²) in [6, 6.07) is 2.50. The smallest absolute Gasteiger partial charge is 0.0584 e. The van der Waals surface area contributed by atoms with Gasteiger partial charge in [-0.3, -0.25) is 0 Å². The highest BCUT2D eigenvalue weighted by molar-refractivity contribution is 5.71. The molecule has 20 saturated carbocycles. The van der Waals surface area contributed by atoms with Crippen LogP contribution in [0.1, 0.15) is 220 Å². The highest BCUT2D eigenvalue weighted by Crippen LogP contribution is 2.64. The number of hydrogen-bond acceptors (Lipinski definition) is 0. The van der Waals surface area contributed by atoms with Crippen LogP contribution in [0, 0.1) is 175 Å². The fourth-order valence-corrected chi connectivity index (χ4v) is 23.6. The molecule has 20 aliphatic rings. The number of benzene rings is 1. The fraction of sp³-hybridized carbons (Fsp3) is 0.758. The van der Waals surface area contributed by atoms with Crippen LogP contribution >= 0.6 is 0 Å². The van der Waals surface area contributed by atoms with Gasteiger partial charge in [-0.2, -0.15) is 0 Å². The van der Waals surface area contributed by atoms with Gasteiger partial charge in [-0.25, -0.2) is 0 Å². The lowest BCUT2D eigenvalue weighted by Crippen LogP contribution is -2.45. The third-order valence-electron chi connectivity index (χ3n) is 23.8. The molecular formula is C66H76. The summed E-state index contributed by atoms with van der Waals surface area (Å²) in [6.45, 7) is 0. The van der Waals surface area contributed by atoms with Crippen molar-refractivity contribution in [2.75, 3.05) is 0 Å². The van der Waals surface area contributed by atoms with Crippen molar-refractivity contribution in [3.8, 4) is 59.2 Å². The normalized spacial score (nSPS) is 52.1. The second-order valence-electron chi connectivity index (χ2n) is 29.3. The minimum atomic E-state index is 0.163. The lowest BCUT2D eigenvalue weighted by molar-refractivity contribution is -0.0183. The van der Waals surface area contributed by atoms with Gasteiger partial charge in [0.1, 0.15) is 0 Å². The Labute approximate surface area is 399 Å². The Hall–Kier alpha value is -2.98. The van der Waals surface area contributed by atoms with Gasteiger partial charge in [0.05, 0.1) is 16.7 Å². The molecule has 20 fully saturated rings. The fourth-order valence-electron chi connectivity index (χ4n) is 23.6. The highest BCUT2D eigenvalue weighted by atomic mass is 14.6. The largest absolute Gasteiger partial charge is 0.0910 e. The Morgan fingerprint density at radius 3 is 0.591 bits per heavy atom. The van der Waals surface area contributed by atoms with E-state index in [1.807, 2.05) is 0 Å². The topological polar surface area (TPSA) is 0 Å². The van der Waals surface area contributed by atoms with Crippen molar-refractivity contribution in [1.82, 2.24) is 0 Å². The van der Waals surface area contributed by atoms with E-state index in [4.69, 9.17) is 0 Å². The van der Waals surface area contributed by atoms with Crippen molar-refractivity contribution in [2.45, 2.75) is 193 Å². The van der Waals surface area contributed by atoms with Crippen molar-refractivity contribution in [1.29, 1.82) is 0 Å².